The number of hydrogen-bond acceptors (Lipinski definition) is 5. The van der Waals surface area contributed by atoms with Crippen LogP contribution in [0.5, 0.6) is 0 Å². The molecule has 32 heavy (non-hydrogen) atoms. The highest BCUT2D eigenvalue weighted by molar-refractivity contribution is 5.88. The van der Waals surface area contributed by atoms with E-state index >= 15 is 0 Å². The fourth-order valence-corrected chi connectivity index (χ4v) is 5.89. The number of para-hydroxylation sites is 1. The molecule has 0 spiro atoms. The summed E-state index contributed by atoms with van der Waals surface area (Å²) in [7, 11) is 0. The van der Waals surface area contributed by atoms with Gasteiger partial charge in [-0.2, -0.15) is 0 Å². The van der Waals surface area contributed by atoms with Gasteiger partial charge >= 0.3 is 0 Å². The summed E-state index contributed by atoms with van der Waals surface area (Å²) in [4.78, 5) is 23.5. The normalized spacial score (nSPS) is 23.3. The predicted molar refractivity (Wildman–Crippen MR) is 130 cm³/mol. The first kappa shape index (κ1) is 21.4. The molecule has 1 saturated carbocycles. The van der Waals surface area contributed by atoms with E-state index in [0.717, 1.165) is 63.4 Å². The van der Waals surface area contributed by atoms with Crippen LogP contribution in [-0.2, 0) is 11.2 Å². The van der Waals surface area contributed by atoms with Crippen LogP contribution in [0.4, 0.5) is 11.5 Å². The maximum Gasteiger partial charge on any atom is 0.155 e. The summed E-state index contributed by atoms with van der Waals surface area (Å²) in [5, 5.41) is 3.78. The van der Waals surface area contributed by atoms with Crippen LogP contribution in [0.2, 0.25) is 0 Å². The molecule has 5 nitrogen and oxygen atoms in total. The minimum atomic E-state index is -0.0286. The number of nitrogens with one attached hydrogen (secondary N) is 1. The molecule has 2 atom stereocenters. The third-order valence-electron chi connectivity index (χ3n) is 7.67. The van der Waals surface area contributed by atoms with Gasteiger partial charge in [-0.15, -0.1) is 0 Å². The molecule has 2 fully saturated rings. The van der Waals surface area contributed by atoms with Crippen LogP contribution >= 0.6 is 0 Å². The lowest BCUT2D eigenvalue weighted by Crippen LogP contribution is -2.60. The van der Waals surface area contributed by atoms with Crippen molar-refractivity contribution >= 4 is 17.3 Å². The van der Waals surface area contributed by atoms with E-state index in [4.69, 9.17) is 4.98 Å². The van der Waals surface area contributed by atoms with Crippen LogP contribution in [0, 0.1) is 12.8 Å². The summed E-state index contributed by atoms with van der Waals surface area (Å²) in [5.74, 6) is 1.79. The number of anilines is 2. The second kappa shape index (κ2) is 9.62. The summed E-state index contributed by atoms with van der Waals surface area (Å²) >= 11 is 0. The molecule has 1 aromatic heterocycles. The summed E-state index contributed by atoms with van der Waals surface area (Å²) < 4.78 is 0. The van der Waals surface area contributed by atoms with E-state index in [0.29, 0.717) is 5.78 Å². The molecule has 1 N–H and O–H groups in total. The number of benzene rings is 1. The zero-order valence-electron chi connectivity index (χ0n) is 19.3. The van der Waals surface area contributed by atoms with Crippen molar-refractivity contribution < 1.29 is 4.79 Å². The SMILES string of the molecule is Cc1cccc(N2CCN(C(C(=O)C3CCCCC3)C3CCc4ccccc4N3)CC2)n1. The van der Waals surface area contributed by atoms with E-state index in [2.05, 4.69) is 51.5 Å². The van der Waals surface area contributed by atoms with Crippen LogP contribution in [-0.4, -0.2) is 53.9 Å². The molecule has 5 rings (SSSR count). The van der Waals surface area contributed by atoms with E-state index in [1.165, 1.54) is 30.5 Å². The number of aromatic nitrogens is 1. The Bertz CT molecular complexity index is 931. The molecule has 5 heteroatoms. The number of Topliss-reactive ketones (excluding diaryl/α,β-unsaturated/α-hetero) is 1. The highest BCUT2D eigenvalue weighted by Crippen LogP contribution is 2.32. The number of pyridine rings is 1. The van der Waals surface area contributed by atoms with Gasteiger partial charge in [0.15, 0.2) is 5.78 Å². The lowest BCUT2D eigenvalue weighted by Gasteiger charge is -2.44. The highest BCUT2D eigenvalue weighted by atomic mass is 16.1. The molecule has 3 heterocycles. The highest BCUT2D eigenvalue weighted by Gasteiger charge is 2.40. The molecule has 3 aliphatic rings. The predicted octanol–water partition coefficient (Wildman–Crippen LogP) is 4.46. The quantitative estimate of drug-likeness (QED) is 0.756. The number of hydrogen-bond donors (Lipinski definition) is 1. The van der Waals surface area contributed by atoms with Gasteiger partial charge < -0.3 is 10.2 Å². The molecule has 0 amide bonds. The Hall–Kier alpha value is -2.40. The van der Waals surface area contributed by atoms with Gasteiger partial charge in [0, 0.05) is 49.5 Å². The summed E-state index contributed by atoms with van der Waals surface area (Å²) in [6, 6.07) is 15.0. The van der Waals surface area contributed by atoms with Crippen LogP contribution in [0.1, 0.15) is 49.8 Å². The molecule has 0 radical (unpaired) electrons. The molecule has 170 valence electrons. The van der Waals surface area contributed by atoms with Crippen molar-refractivity contribution in [1.82, 2.24) is 9.88 Å². The number of rotatable bonds is 5. The number of carbonyl (C=O) groups is 1. The van der Waals surface area contributed by atoms with Crippen LogP contribution in [0.3, 0.4) is 0 Å². The molecule has 2 unspecified atom stereocenters. The van der Waals surface area contributed by atoms with Crippen LogP contribution < -0.4 is 10.2 Å². The van der Waals surface area contributed by atoms with Crippen molar-refractivity contribution in [2.24, 2.45) is 5.92 Å². The number of aryl methyl sites for hydroxylation is 2. The fraction of sp³-hybridized carbons (Fsp3) is 0.556. The second-order valence-corrected chi connectivity index (χ2v) is 9.79. The summed E-state index contributed by atoms with van der Waals surface area (Å²) in [6.45, 7) is 5.73. The Morgan fingerprint density at radius 2 is 1.75 bits per heavy atom. The molecular formula is C27H36N4O. The Balaban J connectivity index is 1.34. The number of piperazine rings is 1. The first-order valence-corrected chi connectivity index (χ1v) is 12.5. The van der Waals surface area contributed by atoms with E-state index in [1.807, 2.05) is 13.0 Å². The van der Waals surface area contributed by atoms with E-state index in [9.17, 15) is 4.79 Å². The van der Waals surface area contributed by atoms with Crippen molar-refractivity contribution in [2.75, 3.05) is 36.4 Å². The first-order chi connectivity index (χ1) is 15.7. The zero-order chi connectivity index (χ0) is 21.9. The van der Waals surface area contributed by atoms with E-state index in [1.54, 1.807) is 0 Å². The Kier molecular flexibility index (Phi) is 6.44. The maximum absolute atomic E-state index is 13.9. The largest absolute Gasteiger partial charge is 0.380 e. The van der Waals surface area contributed by atoms with Gasteiger partial charge in [-0.1, -0.05) is 43.5 Å². The number of ketones is 1. The topological polar surface area (TPSA) is 48.5 Å². The molecule has 1 saturated heterocycles. The summed E-state index contributed by atoms with van der Waals surface area (Å²) in [6.07, 6.45) is 7.92. The molecule has 1 aliphatic carbocycles. The van der Waals surface area contributed by atoms with Gasteiger partial charge in [-0.3, -0.25) is 9.69 Å². The van der Waals surface area contributed by atoms with Crippen molar-refractivity contribution in [2.45, 2.75) is 64.0 Å². The lowest BCUT2D eigenvalue weighted by molar-refractivity contribution is -0.130. The van der Waals surface area contributed by atoms with Crippen molar-refractivity contribution in [1.29, 1.82) is 0 Å². The molecule has 0 bridgehead atoms. The van der Waals surface area contributed by atoms with E-state index < -0.39 is 0 Å². The van der Waals surface area contributed by atoms with Crippen LogP contribution in [0.15, 0.2) is 42.5 Å². The van der Waals surface area contributed by atoms with Crippen LogP contribution in [0.25, 0.3) is 0 Å². The third-order valence-corrected chi connectivity index (χ3v) is 7.67. The van der Waals surface area contributed by atoms with Crippen molar-refractivity contribution in [3.05, 3.63) is 53.7 Å². The first-order valence-electron chi connectivity index (χ1n) is 12.5. The third kappa shape index (κ3) is 4.54. The van der Waals surface area contributed by atoms with Gasteiger partial charge in [0.25, 0.3) is 0 Å². The lowest BCUT2D eigenvalue weighted by atomic mass is 9.80. The zero-order valence-corrected chi connectivity index (χ0v) is 19.3. The number of nitrogens with zero attached hydrogens (tertiary/aromatic N) is 3. The van der Waals surface area contributed by atoms with Gasteiger partial charge in [0.2, 0.25) is 0 Å². The smallest absolute Gasteiger partial charge is 0.155 e. The minimum absolute atomic E-state index is 0.0286. The van der Waals surface area contributed by atoms with Gasteiger partial charge in [0.05, 0.1) is 6.04 Å². The van der Waals surface area contributed by atoms with Gasteiger partial charge in [-0.25, -0.2) is 4.98 Å². The van der Waals surface area contributed by atoms with Crippen molar-refractivity contribution in [3.63, 3.8) is 0 Å². The molecular weight excluding hydrogens is 396 g/mol. The summed E-state index contributed by atoms with van der Waals surface area (Å²) in [5.41, 5.74) is 3.65. The van der Waals surface area contributed by atoms with Crippen molar-refractivity contribution in [3.8, 4) is 0 Å². The molecule has 2 aromatic rings. The maximum atomic E-state index is 13.9. The standard InChI is InChI=1S/C27H36N4O/c1-20-8-7-13-25(28-20)30-16-18-31(19-17-30)26(27(32)22-10-3-2-4-11-22)24-15-14-21-9-5-6-12-23(21)29-24/h5-9,12-13,22,24,26,29H,2-4,10-11,14-19H2,1H3. The fourth-order valence-electron chi connectivity index (χ4n) is 5.89. The monoisotopic (exact) mass is 432 g/mol. The average Bonchev–Trinajstić information content (AvgIpc) is 2.85. The Morgan fingerprint density at radius 1 is 0.969 bits per heavy atom. The Morgan fingerprint density at radius 3 is 2.53 bits per heavy atom. The van der Waals surface area contributed by atoms with Gasteiger partial charge in [-0.05, 0) is 56.4 Å². The number of fused-ring (bicyclic) bond motifs is 1. The molecule has 2 aliphatic heterocycles. The average molecular weight is 433 g/mol. The number of carbonyl (C=O) groups excluding carboxylic acids is 1. The minimum Gasteiger partial charge on any atom is -0.380 e. The Labute approximate surface area is 192 Å². The molecule has 1 aromatic carbocycles. The second-order valence-electron chi connectivity index (χ2n) is 9.79. The van der Waals surface area contributed by atoms with E-state index in [-0.39, 0.29) is 18.0 Å². The van der Waals surface area contributed by atoms with Gasteiger partial charge in [0.1, 0.15) is 5.82 Å².